The molecule has 0 aromatic heterocycles. The van der Waals surface area contributed by atoms with E-state index >= 15 is 0 Å². The van der Waals surface area contributed by atoms with Crippen LogP contribution in [-0.4, -0.2) is 0 Å². The van der Waals surface area contributed by atoms with Crippen molar-refractivity contribution in [3.05, 3.63) is 59.4 Å². The lowest BCUT2D eigenvalue weighted by Crippen LogP contribution is -2.13. The Labute approximate surface area is 156 Å². The van der Waals surface area contributed by atoms with E-state index in [0.717, 1.165) is 17.0 Å². The predicted octanol–water partition coefficient (Wildman–Crippen LogP) is 7.22. The lowest BCUT2D eigenvalue weighted by molar-refractivity contribution is 0.302. The largest absolute Gasteiger partial charge is 0.206 e. The van der Waals surface area contributed by atoms with Crippen LogP contribution in [0.5, 0.6) is 0 Å². The van der Waals surface area contributed by atoms with Gasteiger partial charge < -0.3 is 0 Å². The van der Waals surface area contributed by atoms with Crippen LogP contribution in [0, 0.1) is 23.1 Å². The molecule has 26 heavy (non-hydrogen) atoms. The molecule has 136 valence electrons. The molecule has 0 N–H and O–H groups in total. The van der Waals surface area contributed by atoms with Gasteiger partial charge >= 0.3 is 0 Å². The summed E-state index contributed by atoms with van der Waals surface area (Å²) in [5, 5.41) is 8.89. The first-order valence-electron chi connectivity index (χ1n) is 10.0. The Kier molecular flexibility index (Phi) is 6.45. The van der Waals surface area contributed by atoms with Gasteiger partial charge in [-0.15, -0.1) is 0 Å². The summed E-state index contributed by atoms with van der Waals surface area (Å²) >= 11 is 0. The van der Waals surface area contributed by atoms with Crippen molar-refractivity contribution in [1.82, 2.24) is 0 Å². The van der Waals surface area contributed by atoms with Crippen LogP contribution in [0.2, 0.25) is 0 Å². The number of rotatable bonds is 6. The number of unbranched alkanes of at least 4 members (excludes halogenated alkanes) is 2. The second-order valence-corrected chi connectivity index (χ2v) is 7.64. The molecule has 0 saturated heterocycles. The molecule has 3 rings (SSSR count). The number of hydrogen-bond acceptors (Lipinski definition) is 1. The molecule has 0 unspecified atom stereocenters. The van der Waals surface area contributed by atoms with Crippen molar-refractivity contribution >= 4 is 0 Å². The molecule has 1 aliphatic rings. The van der Waals surface area contributed by atoms with Crippen LogP contribution in [0.4, 0.5) is 4.39 Å². The number of halogens is 1. The standard InChI is InChI=1S/C24H28FN/c1-2-3-4-5-18-6-10-20(11-7-18)22-14-15-23(24(25)16-22)21-12-8-19(17-26)9-13-21/h8-9,12-16,18,20H,2-7,10-11H2,1H3. The van der Waals surface area contributed by atoms with Crippen molar-refractivity contribution in [3.63, 3.8) is 0 Å². The molecule has 2 heteroatoms. The Morgan fingerprint density at radius 3 is 2.35 bits per heavy atom. The van der Waals surface area contributed by atoms with E-state index in [0.29, 0.717) is 17.0 Å². The average Bonchev–Trinajstić information content (AvgIpc) is 2.69. The van der Waals surface area contributed by atoms with Crippen molar-refractivity contribution in [2.75, 3.05) is 0 Å². The maximum atomic E-state index is 14.7. The maximum absolute atomic E-state index is 14.7. The van der Waals surface area contributed by atoms with Crippen LogP contribution in [-0.2, 0) is 0 Å². The molecule has 0 atom stereocenters. The summed E-state index contributed by atoms with van der Waals surface area (Å²) < 4.78 is 14.7. The van der Waals surface area contributed by atoms with Gasteiger partial charge in [0.1, 0.15) is 5.82 Å². The second-order valence-electron chi connectivity index (χ2n) is 7.64. The second kappa shape index (κ2) is 8.99. The van der Waals surface area contributed by atoms with E-state index in [2.05, 4.69) is 19.1 Å². The van der Waals surface area contributed by atoms with Crippen LogP contribution in [0.15, 0.2) is 42.5 Å². The lowest BCUT2D eigenvalue weighted by Gasteiger charge is -2.29. The van der Waals surface area contributed by atoms with Crippen molar-refractivity contribution < 1.29 is 4.39 Å². The molecule has 0 heterocycles. The highest BCUT2D eigenvalue weighted by atomic mass is 19.1. The Bertz CT molecular complexity index is 749. The van der Waals surface area contributed by atoms with Crippen LogP contribution in [0.25, 0.3) is 11.1 Å². The van der Waals surface area contributed by atoms with Crippen LogP contribution in [0.3, 0.4) is 0 Å². The lowest BCUT2D eigenvalue weighted by atomic mass is 9.77. The number of nitrogens with zero attached hydrogens (tertiary/aromatic N) is 1. The third-order valence-electron chi connectivity index (χ3n) is 5.85. The first-order chi connectivity index (χ1) is 12.7. The Morgan fingerprint density at radius 1 is 1.00 bits per heavy atom. The smallest absolute Gasteiger partial charge is 0.131 e. The summed E-state index contributed by atoms with van der Waals surface area (Å²) in [7, 11) is 0. The zero-order valence-electron chi connectivity index (χ0n) is 15.7. The topological polar surface area (TPSA) is 23.8 Å². The van der Waals surface area contributed by atoms with Crippen LogP contribution >= 0.6 is 0 Å². The van der Waals surface area contributed by atoms with Gasteiger partial charge in [0.15, 0.2) is 0 Å². The van der Waals surface area contributed by atoms with Gasteiger partial charge in [0.25, 0.3) is 0 Å². The fourth-order valence-electron chi connectivity index (χ4n) is 4.21. The maximum Gasteiger partial charge on any atom is 0.131 e. The summed E-state index contributed by atoms with van der Waals surface area (Å²) in [6, 6.07) is 14.9. The van der Waals surface area contributed by atoms with Gasteiger partial charge in [0, 0.05) is 5.56 Å². The molecule has 1 aliphatic carbocycles. The van der Waals surface area contributed by atoms with Gasteiger partial charge in [-0.3, -0.25) is 0 Å². The Hall–Kier alpha value is -2.14. The van der Waals surface area contributed by atoms with E-state index in [1.165, 1.54) is 51.4 Å². The molecular weight excluding hydrogens is 321 g/mol. The molecule has 1 fully saturated rings. The molecule has 2 aromatic rings. The predicted molar refractivity (Wildman–Crippen MR) is 105 cm³/mol. The van der Waals surface area contributed by atoms with Crippen molar-refractivity contribution in [2.24, 2.45) is 5.92 Å². The Balaban J connectivity index is 1.64. The van der Waals surface area contributed by atoms with E-state index in [9.17, 15) is 4.39 Å². The van der Waals surface area contributed by atoms with Gasteiger partial charge in [-0.1, -0.05) is 56.9 Å². The van der Waals surface area contributed by atoms with E-state index < -0.39 is 0 Å². The summed E-state index contributed by atoms with van der Waals surface area (Å²) in [5.74, 6) is 1.22. The first-order valence-corrected chi connectivity index (χ1v) is 10.0. The van der Waals surface area contributed by atoms with Gasteiger partial charge in [0.05, 0.1) is 11.6 Å². The van der Waals surface area contributed by atoms with Crippen LogP contribution in [0.1, 0.15) is 75.3 Å². The van der Waals surface area contributed by atoms with Gasteiger partial charge in [-0.2, -0.15) is 5.26 Å². The minimum atomic E-state index is -0.155. The highest BCUT2D eigenvalue weighted by Gasteiger charge is 2.22. The zero-order valence-corrected chi connectivity index (χ0v) is 15.7. The minimum absolute atomic E-state index is 0.155. The van der Waals surface area contributed by atoms with E-state index in [1.54, 1.807) is 18.2 Å². The molecule has 0 amide bonds. The van der Waals surface area contributed by atoms with E-state index in [4.69, 9.17) is 5.26 Å². The summed E-state index contributed by atoms with van der Waals surface area (Å²) in [6.07, 6.45) is 10.3. The molecular formula is C24H28FN. The molecule has 0 radical (unpaired) electrons. The Morgan fingerprint density at radius 2 is 1.73 bits per heavy atom. The normalized spacial score (nSPS) is 19.9. The van der Waals surface area contributed by atoms with Gasteiger partial charge in [0.2, 0.25) is 0 Å². The molecule has 0 bridgehead atoms. The molecule has 2 aromatic carbocycles. The van der Waals surface area contributed by atoms with Crippen LogP contribution < -0.4 is 0 Å². The highest BCUT2D eigenvalue weighted by molar-refractivity contribution is 5.65. The number of hydrogen-bond donors (Lipinski definition) is 0. The third-order valence-corrected chi connectivity index (χ3v) is 5.85. The van der Waals surface area contributed by atoms with Gasteiger partial charge in [-0.05, 0) is 66.8 Å². The van der Waals surface area contributed by atoms with Gasteiger partial charge in [-0.25, -0.2) is 4.39 Å². The summed E-state index contributed by atoms with van der Waals surface area (Å²) in [5.41, 5.74) is 3.19. The zero-order chi connectivity index (χ0) is 18.4. The molecule has 0 spiro atoms. The quantitative estimate of drug-likeness (QED) is 0.505. The average molecular weight is 349 g/mol. The third kappa shape index (κ3) is 4.52. The molecule has 1 nitrogen and oxygen atoms in total. The minimum Gasteiger partial charge on any atom is -0.206 e. The highest BCUT2D eigenvalue weighted by Crippen LogP contribution is 2.38. The number of benzene rings is 2. The summed E-state index contributed by atoms with van der Waals surface area (Å²) in [4.78, 5) is 0. The number of nitriles is 1. The molecule has 1 saturated carbocycles. The van der Waals surface area contributed by atoms with E-state index in [-0.39, 0.29) is 5.82 Å². The van der Waals surface area contributed by atoms with Crippen molar-refractivity contribution in [2.45, 2.75) is 64.2 Å². The van der Waals surface area contributed by atoms with Crippen molar-refractivity contribution in [1.29, 1.82) is 5.26 Å². The first kappa shape index (κ1) is 18.6. The SMILES string of the molecule is CCCCCC1CCC(c2ccc(-c3ccc(C#N)cc3)c(F)c2)CC1. The molecule has 0 aliphatic heterocycles. The monoisotopic (exact) mass is 349 g/mol. The van der Waals surface area contributed by atoms with E-state index in [1.807, 2.05) is 18.2 Å². The summed E-state index contributed by atoms with van der Waals surface area (Å²) in [6.45, 7) is 2.26. The fourth-order valence-corrected chi connectivity index (χ4v) is 4.21. The fraction of sp³-hybridized carbons (Fsp3) is 0.458. The van der Waals surface area contributed by atoms with Crippen molar-refractivity contribution in [3.8, 4) is 17.2 Å².